The first-order valence-corrected chi connectivity index (χ1v) is 12.0. The Labute approximate surface area is 200 Å². The minimum absolute atomic E-state index is 0.00169. The molecule has 2 heterocycles. The fourth-order valence-corrected chi connectivity index (χ4v) is 4.31. The van der Waals surface area contributed by atoms with Crippen LogP contribution in [0.15, 0.2) is 42.7 Å². The number of likely N-dealkylation sites (N-methyl/N-ethyl adjacent to an activating group) is 1. The van der Waals surface area contributed by atoms with Crippen molar-refractivity contribution in [1.29, 1.82) is 0 Å². The van der Waals surface area contributed by atoms with Gasteiger partial charge in [-0.1, -0.05) is 13.0 Å². The van der Waals surface area contributed by atoms with Crippen LogP contribution in [0.2, 0.25) is 0 Å². The summed E-state index contributed by atoms with van der Waals surface area (Å²) in [5.74, 6) is 0.205. The van der Waals surface area contributed by atoms with Crippen molar-refractivity contribution < 1.29 is 19.4 Å². The van der Waals surface area contributed by atoms with Crippen molar-refractivity contribution in [3.05, 3.63) is 53.9 Å². The van der Waals surface area contributed by atoms with Gasteiger partial charge in [-0.2, -0.15) is 0 Å². The van der Waals surface area contributed by atoms with Crippen LogP contribution in [-0.2, 0) is 11.3 Å². The van der Waals surface area contributed by atoms with Gasteiger partial charge in [-0.15, -0.1) is 0 Å². The van der Waals surface area contributed by atoms with Gasteiger partial charge in [-0.05, 0) is 56.6 Å². The summed E-state index contributed by atoms with van der Waals surface area (Å²) < 4.78 is 6.54. The van der Waals surface area contributed by atoms with Gasteiger partial charge in [-0.25, -0.2) is 0 Å². The van der Waals surface area contributed by atoms with Crippen LogP contribution in [0.25, 0.3) is 0 Å². The van der Waals surface area contributed by atoms with E-state index in [0.717, 1.165) is 24.9 Å². The molecule has 182 valence electrons. The molecule has 8 heteroatoms. The molecule has 1 aromatic carbocycles. The summed E-state index contributed by atoms with van der Waals surface area (Å²) >= 11 is 0. The maximum atomic E-state index is 13.5. The maximum Gasteiger partial charge on any atom is 0.258 e. The number of fused-ring (bicyclic) bond motifs is 1. The van der Waals surface area contributed by atoms with Crippen LogP contribution >= 0.6 is 0 Å². The number of aliphatic hydroxyl groups is 1. The number of carbonyl (C=O) groups excluding carboxylic acids is 2. The monoisotopic (exact) mass is 466 g/mol. The van der Waals surface area contributed by atoms with Crippen molar-refractivity contribution in [2.75, 3.05) is 32.1 Å². The molecule has 0 unspecified atom stereocenters. The SMILES string of the molecule is C[C@@H]1CN([C@H](C)CO)C(=O)c2cccc(NC(=O)C3CC3)c2O[C@@H]1CN(C)Cc1ccncc1. The molecule has 34 heavy (non-hydrogen) atoms. The molecule has 2 aromatic rings. The van der Waals surface area contributed by atoms with Crippen molar-refractivity contribution in [2.24, 2.45) is 11.8 Å². The van der Waals surface area contributed by atoms with E-state index in [9.17, 15) is 14.7 Å². The number of ether oxygens (including phenoxy) is 1. The number of anilines is 1. The average Bonchev–Trinajstić information content (AvgIpc) is 3.67. The second-order valence-corrected chi connectivity index (χ2v) is 9.62. The van der Waals surface area contributed by atoms with E-state index in [-0.39, 0.29) is 42.4 Å². The Balaban J connectivity index is 1.64. The predicted molar refractivity (Wildman–Crippen MR) is 130 cm³/mol. The minimum Gasteiger partial charge on any atom is -0.486 e. The van der Waals surface area contributed by atoms with E-state index in [1.165, 1.54) is 0 Å². The lowest BCUT2D eigenvalue weighted by Crippen LogP contribution is -2.49. The van der Waals surface area contributed by atoms with E-state index < -0.39 is 0 Å². The molecule has 2 aliphatic rings. The van der Waals surface area contributed by atoms with Crippen molar-refractivity contribution in [3.8, 4) is 5.75 Å². The number of aromatic nitrogens is 1. The second-order valence-electron chi connectivity index (χ2n) is 9.62. The Bertz CT molecular complexity index is 1010. The summed E-state index contributed by atoms with van der Waals surface area (Å²) in [7, 11) is 2.04. The summed E-state index contributed by atoms with van der Waals surface area (Å²) in [6.45, 7) is 5.61. The molecule has 1 fully saturated rings. The van der Waals surface area contributed by atoms with Crippen molar-refractivity contribution >= 4 is 17.5 Å². The summed E-state index contributed by atoms with van der Waals surface area (Å²) in [6.07, 6.45) is 5.11. The normalized spacial score (nSPS) is 21.3. The molecule has 8 nitrogen and oxygen atoms in total. The number of hydrogen-bond acceptors (Lipinski definition) is 6. The summed E-state index contributed by atoms with van der Waals surface area (Å²) in [6, 6.07) is 8.93. The first-order valence-electron chi connectivity index (χ1n) is 12.0. The zero-order chi connectivity index (χ0) is 24.2. The minimum atomic E-state index is -0.333. The lowest BCUT2D eigenvalue weighted by Gasteiger charge is -2.38. The molecule has 1 aliphatic carbocycles. The lowest BCUT2D eigenvalue weighted by molar-refractivity contribution is -0.117. The number of benzene rings is 1. The van der Waals surface area contributed by atoms with Gasteiger partial charge in [0.05, 0.1) is 23.9 Å². The van der Waals surface area contributed by atoms with Crippen molar-refractivity contribution in [1.82, 2.24) is 14.8 Å². The highest BCUT2D eigenvalue weighted by Gasteiger charge is 2.35. The zero-order valence-electron chi connectivity index (χ0n) is 20.1. The first-order chi connectivity index (χ1) is 16.4. The van der Waals surface area contributed by atoms with Gasteiger partial charge in [0.1, 0.15) is 6.10 Å². The summed E-state index contributed by atoms with van der Waals surface area (Å²) in [5, 5.41) is 12.8. The van der Waals surface area contributed by atoms with Crippen LogP contribution in [0.5, 0.6) is 5.75 Å². The van der Waals surface area contributed by atoms with Gasteiger partial charge >= 0.3 is 0 Å². The maximum absolute atomic E-state index is 13.5. The smallest absolute Gasteiger partial charge is 0.258 e. The van der Waals surface area contributed by atoms with E-state index >= 15 is 0 Å². The standard InChI is InChI=1S/C26H34N4O4/c1-17-13-30(18(2)16-31)26(33)21-5-4-6-22(28-25(32)20-7-8-20)24(21)34-23(17)15-29(3)14-19-9-11-27-12-10-19/h4-6,9-12,17-18,20,23,31H,7-8,13-16H2,1-3H3,(H,28,32)/t17-,18-,23-/m1/s1. The average molecular weight is 467 g/mol. The number of nitrogens with one attached hydrogen (secondary N) is 1. The van der Waals surface area contributed by atoms with Crippen LogP contribution in [0, 0.1) is 11.8 Å². The predicted octanol–water partition coefficient (Wildman–Crippen LogP) is 2.78. The third kappa shape index (κ3) is 5.56. The van der Waals surface area contributed by atoms with E-state index in [0.29, 0.717) is 30.1 Å². The van der Waals surface area contributed by atoms with Crippen LogP contribution < -0.4 is 10.1 Å². The van der Waals surface area contributed by atoms with Gasteiger partial charge in [0, 0.05) is 43.9 Å². The lowest BCUT2D eigenvalue weighted by atomic mass is 9.98. The largest absolute Gasteiger partial charge is 0.486 e. The van der Waals surface area contributed by atoms with E-state index in [1.54, 1.807) is 35.5 Å². The first kappa shape index (κ1) is 24.2. The highest BCUT2D eigenvalue weighted by atomic mass is 16.5. The Kier molecular flexibility index (Phi) is 7.48. The Morgan fingerprint density at radius 2 is 2.03 bits per heavy atom. The molecule has 1 saturated carbocycles. The fourth-order valence-electron chi connectivity index (χ4n) is 4.31. The van der Waals surface area contributed by atoms with E-state index in [1.807, 2.05) is 26.1 Å². The number of carbonyl (C=O) groups is 2. The van der Waals surface area contributed by atoms with Crippen LogP contribution in [0.1, 0.15) is 42.6 Å². The molecule has 0 bridgehead atoms. The molecule has 1 aromatic heterocycles. The van der Waals surface area contributed by atoms with E-state index in [2.05, 4.69) is 22.1 Å². The van der Waals surface area contributed by atoms with E-state index in [4.69, 9.17) is 4.74 Å². The second kappa shape index (κ2) is 10.5. The molecular formula is C26H34N4O4. The molecule has 4 rings (SSSR count). The van der Waals surface area contributed by atoms with Crippen molar-refractivity contribution in [3.63, 3.8) is 0 Å². The third-order valence-electron chi connectivity index (χ3n) is 6.59. The summed E-state index contributed by atoms with van der Waals surface area (Å²) in [5.41, 5.74) is 2.08. The number of nitrogens with zero attached hydrogens (tertiary/aromatic N) is 3. The molecule has 1 aliphatic heterocycles. The number of para-hydroxylation sites is 1. The molecule has 0 spiro atoms. The van der Waals surface area contributed by atoms with Crippen molar-refractivity contribution in [2.45, 2.75) is 45.4 Å². The number of pyridine rings is 1. The number of hydrogen-bond donors (Lipinski definition) is 2. The van der Waals surface area contributed by atoms with Crippen LogP contribution in [0.4, 0.5) is 5.69 Å². The highest BCUT2D eigenvalue weighted by Crippen LogP contribution is 2.37. The molecule has 0 saturated heterocycles. The van der Waals surface area contributed by atoms with Gasteiger partial charge in [0.25, 0.3) is 5.91 Å². The Morgan fingerprint density at radius 1 is 1.29 bits per heavy atom. The third-order valence-corrected chi connectivity index (χ3v) is 6.59. The van der Waals surface area contributed by atoms with Crippen LogP contribution in [0.3, 0.4) is 0 Å². The molecule has 0 radical (unpaired) electrons. The summed E-state index contributed by atoms with van der Waals surface area (Å²) in [4.78, 5) is 34.0. The number of amides is 2. The highest BCUT2D eigenvalue weighted by molar-refractivity contribution is 6.02. The topological polar surface area (TPSA) is 95.0 Å². The number of aliphatic hydroxyl groups excluding tert-OH is 1. The van der Waals surface area contributed by atoms with Gasteiger partial charge in [0.2, 0.25) is 5.91 Å². The number of rotatable bonds is 8. The quantitative estimate of drug-likeness (QED) is 0.621. The zero-order valence-corrected chi connectivity index (χ0v) is 20.1. The fraction of sp³-hybridized carbons (Fsp3) is 0.500. The molecule has 3 atom stereocenters. The van der Waals surface area contributed by atoms with Gasteiger partial charge < -0.3 is 20.1 Å². The molecule has 2 amide bonds. The van der Waals surface area contributed by atoms with Gasteiger partial charge in [-0.3, -0.25) is 19.5 Å². The molecular weight excluding hydrogens is 432 g/mol. The van der Waals surface area contributed by atoms with Gasteiger partial charge in [0.15, 0.2) is 5.75 Å². The Hall–Kier alpha value is -2.97. The molecule has 2 N–H and O–H groups in total. The van der Waals surface area contributed by atoms with Crippen LogP contribution in [-0.4, -0.2) is 70.6 Å². The Morgan fingerprint density at radius 3 is 2.71 bits per heavy atom.